The minimum absolute atomic E-state index is 0.125. The summed E-state index contributed by atoms with van der Waals surface area (Å²) in [5.41, 5.74) is 0. The van der Waals surface area contributed by atoms with Crippen molar-refractivity contribution in [3.05, 3.63) is 0 Å². The van der Waals surface area contributed by atoms with Crippen LogP contribution in [0.5, 0.6) is 0 Å². The second-order valence-corrected chi connectivity index (χ2v) is 8.10. The van der Waals surface area contributed by atoms with E-state index in [9.17, 15) is 14.7 Å². The average molecular weight is 400 g/mol. The highest BCUT2D eigenvalue weighted by Gasteiger charge is 2.35. The molecule has 0 bridgehead atoms. The number of hydrogen-bond donors (Lipinski definition) is 2. The highest BCUT2D eigenvalue weighted by atomic mass is 16.5. The van der Waals surface area contributed by atoms with Gasteiger partial charge < -0.3 is 14.9 Å². The minimum Gasteiger partial charge on any atom is -0.480 e. The summed E-state index contributed by atoms with van der Waals surface area (Å²) in [6, 6.07) is -0.573. The summed E-state index contributed by atoms with van der Waals surface area (Å²) in [6.45, 7) is 3.85. The van der Waals surface area contributed by atoms with Crippen LogP contribution in [0.2, 0.25) is 0 Å². The molecule has 0 saturated carbocycles. The predicted molar refractivity (Wildman–Crippen MR) is 110 cm³/mol. The maximum atomic E-state index is 11.7. The number of carbonyl (C=O) groups is 2. The number of nitrogens with zero attached hydrogens (tertiary/aromatic N) is 1. The molecular weight excluding hydrogens is 358 g/mol. The van der Waals surface area contributed by atoms with Gasteiger partial charge in [-0.25, -0.2) is 0 Å². The number of carbonyl (C=O) groups excluding carboxylic acids is 1. The Balaban J connectivity index is 1.90. The maximum Gasteiger partial charge on any atom is 0.321 e. The SMILES string of the molecule is CCCCCCCCCCCOC(=O)CCCCCN1C[C@H](O)C[C@H]1C(=O)O. The number of carboxylic acid groups (broad SMARTS) is 1. The molecule has 2 atom stereocenters. The molecule has 0 spiro atoms. The first-order valence-corrected chi connectivity index (χ1v) is 11.3. The van der Waals surface area contributed by atoms with Gasteiger partial charge in [-0.3, -0.25) is 14.5 Å². The van der Waals surface area contributed by atoms with Crippen LogP contribution in [-0.4, -0.2) is 58.9 Å². The standard InChI is InChI=1S/C22H41NO5/c1-2-3-4-5-6-7-8-9-13-16-28-21(25)14-11-10-12-15-23-18-19(24)17-20(23)22(26)27/h19-20,24H,2-18H2,1H3,(H,26,27)/t19-,20+/m1/s1. The van der Waals surface area contributed by atoms with Crippen LogP contribution in [0.1, 0.15) is 96.8 Å². The molecule has 0 aliphatic carbocycles. The molecule has 0 aromatic heterocycles. The molecule has 0 unspecified atom stereocenters. The monoisotopic (exact) mass is 399 g/mol. The number of aliphatic hydroxyl groups is 1. The Kier molecular flexibility index (Phi) is 14.0. The van der Waals surface area contributed by atoms with Gasteiger partial charge in [-0.15, -0.1) is 0 Å². The number of likely N-dealkylation sites (tertiary alicyclic amines) is 1. The van der Waals surface area contributed by atoms with E-state index in [1.54, 1.807) is 0 Å². The second kappa shape index (κ2) is 15.7. The van der Waals surface area contributed by atoms with E-state index in [2.05, 4.69) is 6.92 Å². The van der Waals surface area contributed by atoms with Gasteiger partial charge in [0, 0.05) is 19.4 Å². The molecule has 2 N–H and O–H groups in total. The van der Waals surface area contributed by atoms with Crippen LogP contribution in [-0.2, 0) is 14.3 Å². The molecule has 28 heavy (non-hydrogen) atoms. The van der Waals surface area contributed by atoms with E-state index in [1.165, 1.54) is 44.9 Å². The Hall–Kier alpha value is -1.14. The Morgan fingerprint density at radius 3 is 2.18 bits per heavy atom. The molecule has 0 aromatic carbocycles. The van der Waals surface area contributed by atoms with Crippen LogP contribution < -0.4 is 0 Å². The lowest BCUT2D eigenvalue weighted by Gasteiger charge is -2.20. The van der Waals surface area contributed by atoms with Crippen LogP contribution in [0, 0.1) is 0 Å². The number of β-amino-alcohol motifs (C(OH)–C–C–N with tert-alkyl or cyclic N) is 1. The predicted octanol–water partition coefficient (Wildman–Crippen LogP) is 4.14. The van der Waals surface area contributed by atoms with E-state index in [-0.39, 0.29) is 5.97 Å². The third kappa shape index (κ3) is 11.6. The summed E-state index contributed by atoms with van der Waals surface area (Å²) < 4.78 is 5.28. The van der Waals surface area contributed by atoms with Gasteiger partial charge in [-0.2, -0.15) is 0 Å². The van der Waals surface area contributed by atoms with Gasteiger partial charge in [0.15, 0.2) is 0 Å². The van der Waals surface area contributed by atoms with Gasteiger partial charge in [0.05, 0.1) is 12.7 Å². The molecule has 1 heterocycles. The summed E-state index contributed by atoms with van der Waals surface area (Å²) in [5.74, 6) is -0.990. The number of rotatable bonds is 17. The third-order valence-electron chi connectivity index (χ3n) is 5.50. The maximum absolute atomic E-state index is 11.7. The van der Waals surface area contributed by atoms with E-state index in [0.717, 1.165) is 32.1 Å². The van der Waals surface area contributed by atoms with E-state index in [1.807, 2.05) is 4.90 Å². The highest BCUT2D eigenvalue weighted by Crippen LogP contribution is 2.19. The summed E-state index contributed by atoms with van der Waals surface area (Å²) >= 11 is 0. The van der Waals surface area contributed by atoms with Crippen LogP contribution in [0.4, 0.5) is 0 Å². The van der Waals surface area contributed by atoms with Gasteiger partial charge >= 0.3 is 11.9 Å². The lowest BCUT2D eigenvalue weighted by atomic mass is 10.1. The molecule has 0 amide bonds. The average Bonchev–Trinajstić information content (AvgIpc) is 3.04. The van der Waals surface area contributed by atoms with Crippen LogP contribution in [0.3, 0.4) is 0 Å². The van der Waals surface area contributed by atoms with Crippen molar-refractivity contribution in [3.8, 4) is 0 Å². The lowest BCUT2D eigenvalue weighted by Crippen LogP contribution is -2.36. The Bertz CT molecular complexity index is 429. The van der Waals surface area contributed by atoms with Gasteiger partial charge in [0.25, 0.3) is 0 Å². The summed E-state index contributed by atoms with van der Waals surface area (Å²) in [4.78, 5) is 24.7. The number of esters is 1. The molecule has 164 valence electrons. The molecule has 1 rings (SSSR count). The lowest BCUT2D eigenvalue weighted by molar-refractivity contribution is -0.144. The highest BCUT2D eigenvalue weighted by molar-refractivity contribution is 5.74. The molecule has 1 aliphatic heterocycles. The second-order valence-electron chi connectivity index (χ2n) is 8.10. The summed E-state index contributed by atoms with van der Waals surface area (Å²) in [7, 11) is 0. The molecule has 0 radical (unpaired) electrons. The molecule has 0 aromatic rings. The largest absolute Gasteiger partial charge is 0.480 e. The van der Waals surface area contributed by atoms with E-state index in [0.29, 0.717) is 32.5 Å². The Labute approximate surface area is 170 Å². The van der Waals surface area contributed by atoms with Crippen LogP contribution >= 0.6 is 0 Å². The molecule has 1 fully saturated rings. The van der Waals surface area contributed by atoms with Crippen LogP contribution in [0.25, 0.3) is 0 Å². The van der Waals surface area contributed by atoms with E-state index in [4.69, 9.17) is 9.84 Å². The number of aliphatic hydroxyl groups excluding tert-OH is 1. The smallest absolute Gasteiger partial charge is 0.321 e. The number of carboxylic acids is 1. The zero-order valence-electron chi connectivity index (χ0n) is 17.7. The fraction of sp³-hybridized carbons (Fsp3) is 0.909. The van der Waals surface area contributed by atoms with E-state index >= 15 is 0 Å². The molecular formula is C22H41NO5. The minimum atomic E-state index is -0.864. The van der Waals surface area contributed by atoms with Gasteiger partial charge in [0.1, 0.15) is 6.04 Å². The summed E-state index contributed by atoms with van der Waals surface area (Å²) in [6.07, 6.45) is 13.9. The summed E-state index contributed by atoms with van der Waals surface area (Å²) in [5, 5.41) is 18.8. The van der Waals surface area contributed by atoms with Crippen molar-refractivity contribution in [2.75, 3.05) is 19.7 Å². The first-order valence-electron chi connectivity index (χ1n) is 11.3. The number of ether oxygens (including phenoxy) is 1. The normalized spacial score (nSPS) is 19.8. The van der Waals surface area contributed by atoms with Crippen molar-refractivity contribution < 1.29 is 24.5 Å². The van der Waals surface area contributed by atoms with Crippen molar-refractivity contribution in [2.45, 2.75) is 109 Å². The van der Waals surface area contributed by atoms with Gasteiger partial charge in [-0.1, -0.05) is 64.7 Å². The fourth-order valence-corrected chi connectivity index (χ4v) is 3.82. The van der Waals surface area contributed by atoms with Crippen molar-refractivity contribution in [2.24, 2.45) is 0 Å². The number of hydrogen-bond acceptors (Lipinski definition) is 5. The first kappa shape index (κ1) is 24.9. The fourth-order valence-electron chi connectivity index (χ4n) is 3.82. The van der Waals surface area contributed by atoms with Crippen LogP contribution in [0.15, 0.2) is 0 Å². The molecule has 1 saturated heterocycles. The van der Waals surface area contributed by atoms with Crippen molar-refractivity contribution in [1.29, 1.82) is 0 Å². The van der Waals surface area contributed by atoms with Crippen molar-refractivity contribution in [3.63, 3.8) is 0 Å². The van der Waals surface area contributed by atoms with Gasteiger partial charge in [-0.05, 0) is 25.8 Å². The van der Waals surface area contributed by atoms with Crippen molar-refractivity contribution in [1.82, 2.24) is 4.90 Å². The third-order valence-corrected chi connectivity index (χ3v) is 5.50. The topological polar surface area (TPSA) is 87.1 Å². The zero-order valence-corrected chi connectivity index (χ0v) is 17.7. The molecule has 1 aliphatic rings. The molecule has 6 heteroatoms. The first-order chi connectivity index (χ1) is 13.5. The number of aliphatic carboxylic acids is 1. The quantitative estimate of drug-likeness (QED) is 0.282. The molecule has 6 nitrogen and oxygen atoms in total. The Morgan fingerprint density at radius 2 is 1.54 bits per heavy atom. The van der Waals surface area contributed by atoms with Gasteiger partial charge in [0.2, 0.25) is 0 Å². The Morgan fingerprint density at radius 1 is 0.929 bits per heavy atom. The van der Waals surface area contributed by atoms with E-state index < -0.39 is 18.1 Å². The van der Waals surface area contributed by atoms with Crippen molar-refractivity contribution >= 4 is 11.9 Å². The number of unbranched alkanes of at least 4 members (excludes halogenated alkanes) is 10. The zero-order chi connectivity index (χ0) is 20.6.